The number of hydrogen-bond donors (Lipinski definition) is 1. The summed E-state index contributed by atoms with van der Waals surface area (Å²) in [4.78, 5) is 19.5. The molecule has 0 aliphatic carbocycles. The summed E-state index contributed by atoms with van der Waals surface area (Å²) in [5.41, 5.74) is 0.441. The highest BCUT2D eigenvalue weighted by molar-refractivity contribution is 6.39. The Morgan fingerprint density at radius 1 is 1.06 bits per heavy atom. The lowest BCUT2D eigenvalue weighted by Crippen LogP contribution is -2.57. The molecule has 1 amide bonds. The Balaban J connectivity index is 1.32. The molecule has 2 saturated heterocycles. The molecular weight excluding hydrogens is 516 g/mol. The number of alkyl halides is 3. The number of benzene rings is 1. The molecule has 0 bridgehead atoms. The van der Waals surface area contributed by atoms with Gasteiger partial charge in [-0.25, -0.2) is 0 Å². The molecule has 0 saturated carbocycles. The summed E-state index contributed by atoms with van der Waals surface area (Å²) in [6.07, 6.45) is -0.202. The van der Waals surface area contributed by atoms with Gasteiger partial charge < -0.3 is 4.90 Å². The van der Waals surface area contributed by atoms with Crippen molar-refractivity contribution >= 4 is 29.1 Å². The van der Waals surface area contributed by atoms with E-state index in [2.05, 4.69) is 16.7 Å². The molecule has 1 aromatic carbocycles. The first-order chi connectivity index (χ1) is 17.0. The van der Waals surface area contributed by atoms with Crippen molar-refractivity contribution in [2.75, 3.05) is 32.7 Å². The molecule has 1 aromatic heterocycles. The second kappa shape index (κ2) is 10.7. The van der Waals surface area contributed by atoms with Crippen molar-refractivity contribution in [1.29, 1.82) is 0 Å². The van der Waals surface area contributed by atoms with E-state index in [4.69, 9.17) is 23.2 Å². The van der Waals surface area contributed by atoms with Crippen molar-refractivity contribution in [3.05, 3.63) is 63.4 Å². The van der Waals surface area contributed by atoms with Crippen LogP contribution in [-0.2, 0) is 6.18 Å². The molecule has 2 aromatic rings. The van der Waals surface area contributed by atoms with Gasteiger partial charge in [-0.05, 0) is 44.4 Å². The minimum Gasteiger partial charge on any atom is -0.338 e. The van der Waals surface area contributed by atoms with E-state index in [1.54, 1.807) is 17.0 Å². The topological polar surface area (TPSA) is 50.9 Å². The van der Waals surface area contributed by atoms with Crippen molar-refractivity contribution in [2.24, 2.45) is 0 Å². The fourth-order valence-corrected chi connectivity index (χ4v) is 5.97. The molecule has 196 valence electrons. The minimum absolute atomic E-state index is 0.0156. The Hall–Kier alpha value is -2.07. The molecule has 1 N–H and O–H groups in total. The Morgan fingerprint density at radius 3 is 2.17 bits per heavy atom. The van der Waals surface area contributed by atoms with Crippen LogP contribution in [0.4, 0.5) is 13.2 Å². The Kier molecular flexibility index (Phi) is 8.04. The first-order valence-corrected chi connectivity index (χ1v) is 12.8. The maximum atomic E-state index is 13.0. The van der Waals surface area contributed by atoms with Gasteiger partial charge in [0.15, 0.2) is 0 Å². The zero-order valence-corrected chi connectivity index (χ0v) is 21.7. The van der Waals surface area contributed by atoms with Gasteiger partial charge in [0, 0.05) is 55.6 Å². The quantitative estimate of drug-likeness (QED) is 0.438. The van der Waals surface area contributed by atoms with Crippen LogP contribution < -0.4 is 4.73 Å². The lowest BCUT2D eigenvalue weighted by atomic mass is 9.98. The number of piperazine rings is 1. The molecule has 2 atom stereocenters. The average Bonchev–Trinajstić information content (AvgIpc) is 2.82. The SMILES string of the molecule is C[C@H]1CN(C2CCN(C(=O)c3c(Cl)c[n+](O)cc3Cl)CC2)CCN1[C@@H](C)c1ccc(C(F)(F)F)cc1. The number of amides is 1. The number of hydrogen-bond acceptors (Lipinski definition) is 4. The van der Waals surface area contributed by atoms with Crippen molar-refractivity contribution in [3.63, 3.8) is 0 Å². The summed E-state index contributed by atoms with van der Waals surface area (Å²) in [6.45, 7) is 7.90. The van der Waals surface area contributed by atoms with E-state index < -0.39 is 11.7 Å². The maximum Gasteiger partial charge on any atom is 0.416 e. The fraction of sp³-hybridized carbons (Fsp3) is 0.520. The molecule has 4 rings (SSSR count). The second-order valence-electron chi connectivity index (χ2n) is 9.61. The van der Waals surface area contributed by atoms with Gasteiger partial charge in [-0.2, -0.15) is 13.2 Å². The molecule has 0 unspecified atom stereocenters. The van der Waals surface area contributed by atoms with E-state index in [9.17, 15) is 23.2 Å². The van der Waals surface area contributed by atoms with Gasteiger partial charge in [-0.3, -0.25) is 19.8 Å². The molecule has 6 nitrogen and oxygen atoms in total. The molecule has 36 heavy (non-hydrogen) atoms. The molecule has 2 fully saturated rings. The normalized spacial score (nSPS) is 21.5. The molecule has 2 aliphatic rings. The summed E-state index contributed by atoms with van der Waals surface area (Å²) >= 11 is 12.3. The predicted octanol–water partition coefficient (Wildman–Crippen LogP) is 4.91. The van der Waals surface area contributed by atoms with Crippen molar-refractivity contribution in [3.8, 4) is 0 Å². The summed E-state index contributed by atoms with van der Waals surface area (Å²) in [5, 5.41) is 9.74. The average molecular weight is 546 g/mol. The van der Waals surface area contributed by atoms with Crippen LogP contribution in [0.1, 0.15) is 54.2 Å². The lowest BCUT2D eigenvalue weighted by molar-refractivity contribution is -0.904. The second-order valence-corrected chi connectivity index (χ2v) is 10.4. The van der Waals surface area contributed by atoms with Crippen LogP contribution in [0.3, 0.4) is 0 Å². The number of rotatable bonds is 4. The van der Waals surface area contributed by atoms with Crippen LogP contribution in [-0.4, -0.2) is 70.6 Å². The van der Waals surface area contributed by atoms with Crippen molar-refractivity contribution in [2.45, 2.75) is 51.0 Å². The van der Waals surface area contributed by atoms with E-state index in [1.807, 2.05) is 6.92 Å². The number of halogens is 5. The number of likely N-dealkylation sites (tertiary alicyclic amines) is 1. The third kappa shape index (κ3) is 5.74. The number of pyridine rings is 1. The van der Waals surface area contributed by atoms with Crippen LogP contribution in [0, 0.1) is 0 Å². The van der Waals surface area contributed by atoms with Gasteiger partial charge in [0.05, 0.1) is 11.1 Å². The molecule has 0 radical (unpaired) electrons. The number of carbonyl (C=O) groups excluding carboxylic acids is 1. The summed E-state index contributed by atoms with van der Waals surface area (Å²) < 4.78 is 39.4. The molecule has 11 heteroatoms. The third-order valence-corrected chi connectivity index (χ3v) is 7.95. The van der Waals surface area contributed by atoms with Gasteiger partial charge in [-0.1, -0.05) is 35.3 Å². The van der Waals surface area contributed by atoms with E-state index in [0.29, 0.717) is 19.1 Å². The van der Waals surface area contributed by atoms with E-state index in [0.717, 1.165) is 54.9 Å². The highest BCUT2D eigenvalue weighted by Gasteiger charge is 2.35. The first kappa shape index (κ1) is 27.0. The number of piperidine rings is 1. The maximum absolute atomic E-state index is 13.0. The summed E-state index contributed by atoms with van der Waals surface area (Å²) in [7, 11) is 0. The Bertz CT molecular complexity index is 1070. The van der Waals surface area contributed by atoms with Gasteiger partial charge in [-0.15, -0.1) is 0 Å². The van der Waals surface area contributed by atoms with Crippen LogP contribution in [0.25, 0.3) is 0 Å². The standard InChI is InChI=1S/C25H30Cl2F3N4O2/c1-16-13-32(11-12-34(16)17(2)18-3-5-19(6-4-18)25(28,29)30)20-7-9-31(10-8-20)24(35)23-21(26)14-33(36)15-22(23)27/h3-6,14-17,20,36H,7-13H2,1-2H3/q+1/t16-,17-/m0/s1. The van der Waals surface area contributed by atoms with Crippen LogP contribution >= 0.6 is 23.2 Å². The van der Waals surface area contributed by atoms with E-state index >= 15 is 0 Å². The van der Waals surface area contributed by atoms with Crippen LogP contribution in [0.5, 0.6) is 0 Å². The predicted molar refractivity (Wildman–Crippen MR) is 130 cm³/mol. The lowest BCUT2D eigenvalue weighted by Gasteiger charge is -2.47. The van der Waals surface area contributed by atoms with E-state index in [1.165, 1.54) is 12.4 Å². The Labute approximate surface area is 218 Å². The third-order valence-electron chi connectivity index (χ3n) is 7.38. The smallest absolute Gasteiger partial charge is 0.338 e. The van der Waals surface area contributed by atoms with Gasteiger partial charge in [0.1, 0.15) is 10.0 Å². The monoisotopic (exact) mass is 545 g/mol. The van der Waals surface area contributed by atoms with Crippen LogP contribution in [0.2, 0.25) is 10.0 Å². The number of nitrogens with zero attached hydrogens (tertiary/aromatic N) is 4. The van der Waals surface area contributed by atoms with Crippen molar-refractivity contribution in [1.82, 2.24) is 14.7 Å². The first-order valence-electron chi connectivity index (χ1n) is 12.0. The minimum atomic E-state index is -4.33. The molecule has 2 aliphatic heterocycles. The van der Waals surface area contributed by atoms with Gasteiger partial charge in [0.25, 0.3) is 5.91 Å². The largest absolute Gasteiger partial charge is 0.416 e. The summed E-state index contributed by atoms with van der Waals surface area (Å²) in [6, 6.07) is 6.05. The zero-order valence-electron chi connectivity index (χ0n) is 20.2. The zero-order chi connectivity index (χ0) is 26.2. The van der Waals surface area contributed by atoms with Gasteiger partial charge in [0.2, 0.25) is 12.4 Å². The molecular formula is C25H30Cl2F3N4O2+. The fourth-order valence-electron chi connectivity index (χ4n) is 5.36. The number of aromatic nitrogens is 1. The number of carbonyl (C=O) groups is 1. The molecule has 0 spiro atoms. The van der Waals surface area contributed by atoms with E-state index in [-0.39, 0.29) is 33.6 Å². The molecule has 3 heterocycles. The van der Waals surface area contributed by atoms with Gasteiger partial charge >= 0.3 is 6.18 Å². The van der Waals surface area contributed by atoms with Crippen molar-refractivity contribution < 1.29 is 27.9 Å². The summed E-state index contributed by atoms with van der Waals surface area (Å²) in [5.74, 6) is -0.243. The Morgan fingerprint density at radius 2 is 1.64 bits per heavy atom. The highest BCUT2D eigenvalue weighted by Crippen LogP contribution is 2.32. The van der Waals surface area contributed by atoms with Crippen LogP contribution in [0.15, 0.2) is 36.7 Å². The highest BCUT2D eigenvalue weighted by atomic mass is 35.5.